The standard InChI is InChI=1S/C14H20FNO4S2/c1-9(2)16-12-7-21(17,18)8-14(12)22(19,20)13-5-4-11(15)6-10(13)3/h4-6,9,12,14,16H,7-8H2,1-3H3/t12-,14-/m0/s1. The van der Waals surface area contributed by atoms with Crippen molar-refractivity contribution >= 4 is 19.7 Å². The number of benzene rings is 1. The number of aryl methyl sites for hydroxylation is 1. The second kappa shape index (κ2) is 5.90. The van der Waals surface area contributed by atoms with Crippen molar-refractivity contribution in [2.45, 2.75) is 43.0 Å². The highest BCUT2D eigenvalue weighted by Crippen LogP contribution is 2.28. The van der Waals surface area contributed by atoms with Crippen molar-refractivity contribution in [3.05, 3.63) is 29.6 Å². The van der Waals surface area contributed by atoms with Gasteiger partial charge < -0.3 is 5.32 Å². The van der Waals surface area contributed by atoms with E-state index in [2.05, 4.69) is 5.32 Å². The second-order valence-corrected chi connectivity index (χ2v) is 10.3. The molecule has 1 fully saturated rings. The molecular weight excluding hydrogens is 329 g/mol. The predicted octanol–water partition coefficient (Wildman–Crippen LogP) is 1.07. The third-order valence-corrected chi connectivity index (χ3v) is 8.00. The lowest BCUT2D eigenvalue weighted by Gasteiger charge is -2.22. The SMILES string of the molecule is Cc1cc(F)ccc1S(=O)(=O)[C@H]1CS(=O)(=O)C[C@@H]1NC(C)C. The van der Waals surface area contributed by atoms with Crippen LogP contribution >= 0.6 is 0 Å². The first-order valence-corrected chi connectivity index (χ1v) is 10.4. The van der Waals surface area contributed by atoms with Crippen LogP contribution in [0.25, 0.3) is 0 Å². The Kier molecular flexibility index (Phi) is 4.66. The van der Waals surface area contributed by atoms with E-state index in [0.717, 1.165) is 12.1 Å². The lowest BCUT2D eigenvalue weighted by molar-refractivity contribution is 0.484. The average Bonchev–Trinajstić information content (AvgIpc) is 2.63. The molecule has 0 saturated carbocycles. The zero-order valence-electron chi connectivity index (χ0n) is 12.7. The third-order valence-electron chi connectivity index (χ3n) is 3.69. The second-order valence-electron chi connectivity index (χ2n) is 6.00. The van der Waals surface area contributed by atoms with Crippen LogP contribution < -0.4 is 5.32 Å². The molecule has 0 radical (unpaired) electrons. The first-order valence-electron chi connectivity index (χ1n) is 6.99. The number of halogens is 1. The monoisotopic (exact) mass is 349 g/mol. The first-order chi connectivity index (χ1) is 10.0. The van der Waals surface area contributed by atoms with E-state index in [4.69, 9.17) is 0 Å². The van der Waals surface area contributed by atoms with Crippen molar-refractivity contribution in [3.8, 4) is 0 Å². The molecule has 1 N–H and O–H groups in total. The summed E-state index contributed by atoms with van der Waals surface area (Å²) in [6.07, 6.45) is 0. The van der Waals surface area contributed by atoms with Gasteiger partial charge in [-0.3, -0.25) is 0 Å². The molecule has 1 heterocycles. The summed E-state index contributed by atoms with van der Waals surface area (Å²) in [5.41, 5.74) is 0.285. The zero-order valence-corrected chi connectivity index (χ0v) is 14.3. The van der Waals surface area contributed by atoms with Gasteiger partial charge in [-0.1, -0.05) is 13.8 Å². The molecule has 1 aromatic carbocycles. The molecule has 1 saturated heterocycles. The number of rotatable bonds is 4. The molecular formula is C14H20FNO4S2. The Morgan fingerprint density at radius 3 is 2.45 bits per heavy atom. The van der Waals surface area contributed by atoms with Crippen molar-refractivity contribution in [1.82, 2.24) is 5.32 Å². The fourth-order valence-electron chi connectivity index (χ4n) is 2.80. The average molecular weight is 349 g/mol. The lowest BCUT2D eigenvalue weighted by Crippen LogP contribution is -2.46. The molecule has 0 unspecified atom stereocenters. The molecule has 0 amide bonds. The summed E-state index contributed by atoms with van der Waals surface area (Å²) in [6.45, 7) is 5.17. The summed E-state index contributed by atoms with van der Waals surface area (Å²) in [5.74, 6) is -1.13. The summed E-state index contributed by atoms with van der Waals surface area (Å²) < 4.78 is 62.6. The molecule has 0 spiro atoms. The number of hydrogen-bond acceptors (Lipinski definition) is 5. The molecule has 1 aromatic rings. The summed E-state index contributed by atoms with van der Waals surface area (Å²) in [5, 5.41) is 1.97. The van der Waals surface area contributed by atoms with Gasteiger partial charge in [0.05, 0.1) is 21.7 Å². The van der Waals surface area contributed by atoms with Crippen LogP contribution in [-0.2, 0) is 19.7 Å². The number of hydrogen-bond donors (Lipinski definition) is 1. The van der Waals surface area contributed by atoms with Crippen LogP contribution in [0.1, 0.15) is 19.4 Å². The van der Waals surface area contributed by atoms with Crippen LogP contribution in [-0.4, -0.2) is 45.7 Å². The zero-order chi connectivity index (χ0) is 16.7. The van der Waals surface area contributed by atoms with Crippen LogP contribution in [0.4, 0.5) is 4.39 Å². The van der Waals surface area contributed by atoms with E-state index in [1.165, 1.54) is 13.0 Å². The maximum absolute atomic E-state index is 13.2. The maximum Gasteiger partial charge on any atom is 0.184 e. The Labute approximate surface area is 130 Å². The van der Waals surface area contributed by atoms with Crippen LogP contribution in [0.2, 0.25) is 0 Å². The molecule has 8 heteroatoms. The summed E-state index contributed by atoms with van der Waals surface area (Å²) in [4.78, 5) is -0.00782. The largest absolute Gasteiger partial charge is 0.309 e. The molecule has 124 valence electrons. The topological polar surface area (TPSA) is 80.3 Å². The van der Waals surface area contributed by atoms with Gasteiger partial charge in [-0.25, -0.2) is 21.2 Å². The molecule has 1 aliphatic rings. The lowest BCUT2D eigenvalue weighted by atomic mass is 10.2. The van der Waals surface area contributed by atoms with Crippen LogP contribution in [0.3, 0.4) is 0 Å². The van der Waals surface area contributed by atoms with Crippen molar-refractivity contribution < 1.29 is 21.2 Å². The molecule has 5 nitrogen and oxygen atoms in total. The fourth-order valence-corrected chi connectivity index (χ4v) is 7.70. The fraction of sp³-hybridized carbons (Fsp3) is 0.571. The van der Waals surface area contributed by atoms with E-state index >= 15 is 0 Å². The minimum absolute atomic E-state index is 0.00782. The molecule has 0 bridgehead atoms. The normalized spacial score (nSPS) is 24.8. The Balaban J connectivity index is 2.46. The quantitative estimate of drug-likeness (QED) is 0.823. The Hall–Kier alpha value is -0.990. The highest BCUT2D eigenvalue weighted by atomic mass is 32.2. The van der Waals surface area contributed by atoms with Gasteiger partial charge in [-0.05, 0) is 30.7 Å². The third kappa shape index (κ3) is 3.49. The van der Waals surface area contributed by atoms with Gasteiger partial charge >= 0.3 is 0 Å². The molecule has 22 heavy (non-hydrogen) atoms. The predicted molar refractivity (Wildman–Crippen MR) is 82.8 cm³/mol. The minimum Gasteiger partial charge on any atom is -0.309 e. The maximum atomic E-state index is 13.2. The summed E-state index contributed by atoms with van der Waals surface area (Å²) >= 11 is 0. The van der Waals surface area contributed by atoms with E-state index in [9.17, 15) is 21.2 Å². The molecule has 2 rings (SSSR count). The minimum atomic E-state index is -3.86. The van der Waals surface area contributed by atoms with Crippen LogP contribution in [0.5, 0.6) is 0 Å². The van der Waals surface area contributed by atoms with Crippen molar-refractivity contribution in [1.29, 1.82) is 0 Å². The van der Waals surface area contributed by atoms with Gasteiger partial charge in [0.2, 0.25) is 0 Å². The van der Waals surface area contributed by atoms with Gasteiger partial charge in [-0.15, -0.1) is 0 Å². The molecule has 0 aliphatic carbocycles. The highest BCUT2D eigenvalue weighted by Gasteiger charge is 2.46. The Morgan fingerprint density at radius 2 is 1.91 bits per heavy atom. The van der Waals surface area contributed by atoms with E-state index in [-0.39, 0.29) is 22.3 Å². The Bertz CT molecular complexity index is 772. The molecule has 0 aromatic heterocycles. The van der Waals surface area contributed by atoms with E-state index in [0.29, 0.717) is 0 Å². The van der Waals surface area contributed by atoms with Gasteiger partial charge in [0.1, 0.15) is 5.82 Å². The van der Waals surface area contributed by atoms with Crippen LogP contribution in [0.15, 0.2) is 23.1 Å². The van der Waals surface area contributed by atoms with Crippen molar-refractivity contribution in [2.75, 3.05) is 11.5 Å². The molecule has 1 aliphatic heterocycles. The van der Waals surface area contributed by atoms with Crippen molar-refractivity contribution in [3.63, 3.8) is 0 Å². The van der Waals surface area contributed by atoms with Gasteiger partial charge in [-0.2, -0.15) is 0 Å². The summed E-state index contributed by atoms with van der Waals surface area (Å²) in [6, 6.07) is 2.73. The van der Waals surface area contributed by atoms with Gasteiger partial charge in [0, 0.05) is 12.1 Å². The smallest absolute Gasteiger partial charge is 0.184 e. The van der Waals surface area contributed by atoms with E-state index in [1.54, 1.807) is 0 Å². The van der Waals surface area contributed by atoms with Crippen LogP contribution in [0, 0.1) is 12.7 Å². The van der Waals surface area contributed by atoms with Gasteiger partial charge in [0.25, 0.3) is 0 Å². The van der Waals surface area contributed by atoms with E-state index < -0.39 is 42.5 Å². The van der Waals surface area contributed by atoms with Crippen molar-refractivity contribution in [2.24, 2.45) is 0 Å². The first kappa shape index (κ1) is 17.4. The van der Waals surface area contributed by atoms with Gasteiger partial charge in [0.15, 0.2) is 19.7 Å². The Morgan fingerprint density at radius 1 is 1.27 bits per heavy atom. The summed E-state index contributed by atoms with van der Waals surface area (Å²) in [7, 11) is -7.28. The van der Waals surface area contributed by atoms with E-state index in [1.807, 2.05) is 13.8 Å². The number of nitrogens with one attached hydrogen (secondary N) is 1. The molecule has 2 atom stereocenters. The number of sulfone groups is 2. The highest BCUT2D eigenvalue weighted by molar-refractivity contribution is 7.96.